The van der Waals surface area contributed by atoms with Gasteiger partial charge in [0.25, 0.3) is 0 Å². The quantitative estimate of drug-likeness (QED) is 0.231. The first-order chi connectivity index (χ1) is 18.3. The molecule has 2 aromatic heterocycles. The molecule has 4 aromatic carbocycles. The zero-order chi connectivity index (χ0) is 24.9. The van der Waals surface area contributed by atoms with Crippen LogP contribution in [0, 0.1) is 0 Å². The first-order valence-corrected chi connectivity index (χ1v) is 12.0. The van der Waals surface area contributed by atoms with E-state index in [9.17, 15) is 0 Å². The van der Waals surface area contributed by atoms with E-state index in [-0.39, 0.29) is 0 Å². The number of aromatic nitrogens is 3. The second-order valence-electron chi connectivity index (χ2n) is 8.47. The van der Waals surface area contributed by atoms with Crippen molar-refractivity contribution in [3.8, 4) is 51.1 Å². The Morgan fingerprint density at radius 2 is 1.16 bits per heavy atom. The lowest BCUT2D eigenvalue weighted by Crippen LogP contribution is -1.92. The van der Waals surface area contributed by atoms with E-state index in [1.54, 1.807) is 12.5 Å². The Morgan fingerprint density at radius 1 is 0.514 bits per heavy atom. The van der Waals surface area contributed by atoms with Gasteiger partial charge in [0, 0.05) is 30.2 Å². The van der Waals surface area contributed by atoms with Crippen molar-refractivity contribution in [3.05, 3.63) is 140 Å². The first-order valence-electron chi connectivity index (χ1n) is 12.0. The zero-order valence-electron chi connectivity index (χ0n) is 19.9. The van der Waals surface area contributed by atoms with Crippen LogP contribution in [0.4, 0.5) is 0 Å². The molecule has 5 nitrogen and oxygen atoms in total. The van der Waals surface area contributed by atoms with E-state index in [2.05, 4.69) is 22.1 Å². The van der Waals surface area contributed by atoms with Gasteiger partial charge in [-0.3, -0.25) is 4.98 Å². The molecule has 0 aliphatic carbocycles. The van der Waals surface area contributed by atoms with Gasteiger partial charge in [-0.2, -0.15) is 0 Å². The van der Waals surface area contributed by atoms with Crippen LogP contribution in [0.5, 0.6) is 23.0 Å². The third-order valence-electron chi connectivity index (χ3n) is 5.89. The Morgan fingerprint density at radius 3 is 1.95 bits per heavy atom. The van der Waals surface area contributed by atoms with Crippen molar-refractivity contribution < 1.29 is 9.47 Å². The summed E-state index contributed by atoms with van der Waals surface area (Å²) in [6, 6.07) is 37.8. The maximum atomic E-state index is 6.19. The molecule has 178 valence electrons. The molecule has 0 N–H and O–H groups in total. The SMILES string of the molecule is c1ccc(Oc2cccc(-c3ccnc(-c4cccc(Oc5cccc(-n6ccnc6)c5)c4)c3)c2)cc1. The Labute approximate surface area is 215 Å². The largest absolute Gasteiger partial charge is 0.457 e. The second-order valence-corrected chi connectivity index (χ2v) is 8.47. The molecule has 0 saturated heterocycles. The number of rotatable bonds is 7. The lowest BCUT2D eigenvalue weighted by Gasteiger charge is -2.11. The average Bonchev–Trinajstić information content (AvgIpc) is 3.50. The highest BCUT2D eigenvalue weighted by Crippen LogP contribution is 2.31. The lowest BCUT2D eigenvalue weighted by atomic mass is 10.0. The highest BCUT2D eigenvalue weighted by Gasteiger charge is 2.07. The predicted octanol–water partition coefficient (Wildman–Crippen LogP) is 8.19. The minimum atomic E-state index is 0.741. The Kier molecular flexibility index (Phi) is 6.16. The molecule has 0 amide bonds. The average molecular weight is 482 g/mol. The van der Waals surface area contributed by atoms with Crippen LogP contribution in [0.1, 0.15) is 0 Å². The maximum absolute atomic E-state index is 6.19. The van der Waals surface area contributed by atoms with Gasteiger partial charge < -0.3 is 14.0 Å². The molecule has 0 aliphatic rings. The Hall–Kier alpha value is -5.16. The molecular formula is C32H23N3O2. The summed E-state index contributed by atoms with van der Waals surface area (Å²) in [6.45, 7) is 0. The molecule has 6 aromatic rings. The molecule has 0 atom stereocenters. The molecule has 6 rings (SSSR count). The molecule has 2 heterocycles. The lowest BCUT2D eigenvalue weighted by molar-refractivity contribution is 0.482. The smallest absolute Gasteiger partial charge is 0.129 e. The molecule has 0 bridgehead atoms. The Balaban J connectivity index is 1.24. The molecule has 0 radical (unpaired) electrons. The van der Waals surface area contributed by atoms with Crippen molar-refractivity contribution in [3.63, 3.8) is 0 Å². The van der Waals surface area contributed by atoms with Crippen molar-refractivity contribution >= 4 is 0 Å². The van der Waals surface area contributed by atoms with E-state index in [0.717, 1.165) is 51.1 Å². The standard InChI is InChI=1S/C32H23N3O2/c1-2-10-28(11-3-1)36-29-12-4-7-24(19-29)25-15-16-34-32(21-25)26-8-5-13-30(20-26)37-31-14-6-9-27(22-31)35-18-17-33-23-35/h1-23H. The molecule has 37 heavy (non-hydrogen) atoms. The number of para-hydroxylation sites is 1. The van der Waals surface area contributed by atoms with Gasteiger partial charge in [-0.1, -0.05) is 48.5 Å². The molecule has 0 saturated carbocycles. The first kappa shape index (κ1) is 22.3. The fourth-order valence-electron chi connectivity index (χ4n) is 4.11. The second kappa shape index (κ2) is 10.2. The summed E-state index contributed by atoms with van der Waals surface area (Å²) < 4.78 is 14.2. The van der Waals surface area contributed by atoms with E-state index < -0.39 is 0 Å². The van der Waals surface area contributed by atoms with Crippen LogP contribution in [-0.4, -0.2) is 14.5 Å². The van der Waals surface area contributed by atoms with Crippen molar-refractivity contribution in [2.45, 2.75) is 0 Å². The van der Waals surface area contributed by atoms with E-state index in [0.29, 0.717) is 0 Å². The number of imidazole rings is 1. The minimum Gasteiger partial charge on any atom is -0.457 e. The van der Waals surface area contributed by atoms with Crippen molar-refractivity contribution in [2.24, 2.45) is 0 Å². The van der Waals surface area contributed by atoms with Crippen molar-refractivity contribution in [1.29, 1.82) is 0 Å². The van der Waals surface area contributed by atoms with Gasteiger partial charge in [0.15, 0.2) is 0 Å². The Bertz CT molecular complexity index is 1630. The monoisotopic (exact) mass is 481 g/mol. The van der Waals surface area contributed by atoms with Gasteiger partial charge in [-0.15, -0.1) is 0 Å². The van der Waals surface area contributed by atoms with Gasteiger partial charge in [0.2, 0.25) is 0 Å². The summed E-state index contributed by atoms with van der Waals surface area (Å²) >= 11 is 0. The summed E-state index contributed by atoms with van der Waals surface area (Å²) in [4.78, 5) is 8.74. The number of ether oxygens (including phenoxy) is 2. The maximum Gasteiger partial charge on any atom is 0.129 e. The molecule has 0 unspecified atom stereocenters. The fourth-order valence-corrected chi connectivity index (χ4v) is 4.11. The van der Waals surface area contributed by atoms with Gasteiger partial charge >= 0.3 is 0 Å². The molecular weight excluding hydrogens is 458 g/mol. The zero-order valence-corrected chi connectivity index (χ0v) is 19.9. The van der Waals surface area contributed by atoms with E-state index in [1.165, 1.54) is 0 Å². The number of pyridine rings is 1. The summed E-state index contributed by atoms with van der Waals surface area (Å²) in [7, 11) is 0. The number of hydrogen-bond donors (Lipinski definition) is 0. The van der Waals surface area contributed by atoms with E-state index in [1.807, 2.05) is 120 Å². The number of benzene rings is 4. The van der Waals surface area contributed by atoms with E-state index >= 15 is 0 Å². The van der Waals surface area contributed by atoms with Gasteiger partial charge in [-0.25, -0.2) is 4.98 Å². The van der Waals surface area contributed by atoms with Crippen LogP contribution in [0.25, 0.3) is 28.1 Å². The number of hydrogen-bond acceptors (Lipinski definition) is 4. The summed E-state index contributed by atoms with van der Waals surface area (Å²) in [5.41, 5.74) is 4.94. The van der Waals surface area contributed by atoms with Crippen LogP contribution < -0.4 is 9.47 Å². The summed E-state index contributed by atoms with van der Waals surface area (Å²) in [5.74, 6) is 3.09. The van der Waals surface area contributed by atoms with Crippen molar-refractivity contribution in [2.75, 3.05) is 0 Å². The highest BCUT2D eigenvalue weighted by atomic mass is 16.5. The van der Waals surface area contributed by atoms with Crippen LogP contribution in [0.2, 0.25) is 0 Å². The van der Waals surface area contributed by atoms with Gasteiger partial charge in [0.05, 0.1) is 17.7 Å². The van der Waals surface area contributed by atoms with Crippen LogP contribution in [0.15, 0.2) is 140 Å². The molecule has 0 spiro atoms. The van der Waals surface area contributed by atoms with E-state index in [4.69, 9.17) is 9.47 Å². The minimum absolute atomic E-state index is 0.741. The topological polar surface area (TPSA) is 49.2 Å². The highest BCUT2D eigenvalue weighted by molar-refractivity contribution is 5.71. The summed E-state index contributed by atoms with van der Waals surface area (Å²) in [6.07, 6.45) is 7.26. The third kappa shape index (κ3) is 5.26. The molecule has 5 heteroatoms. The van der Waals surface area contributed by atoms with Crippen LogP contribution >= 0.6 is 0 Å². The molecule has 0 fully saturated rings. The normalized spacial score (nSPS) is 10.7. The third-order valence-corrected chi connectivity index (χ3v) is 5.89. The van der Waals surface area contributed by atoms with Gasteiger partial charge in [0.1, 0.15) is 23.0 Å². The van der Waals surface area contributed by atoms with Crippen molar-refractivity contribution in [1.82, 2.24) is 14.5 Å². The molecule has 0 aliphatic heterocycles. The number of nitrogens with zero attached hydrogens (tertiary/aromatic N) is 3. The summed E-state index contributed by atoms with van der Waals surface area (Å²) in [5, 5.41) is 0. The predicted molar refractivity (Wildman–Crippen MR) is 145 cm³/mol. The van der Waals surface area contributed by atoms with Crippen LogP contribution in [-0.2, 0) is 0 Å². The van der Waals surface area contributed by atoms with Crippen LogP contribution in [0.3, 0.4) is 0 Å². The van der Waals surface area contributed by atoms with Gasteiger partial charge in [-0.05, 0) is 71.8 Å². The fraction of sp³-hybridized carbons (Fsp3) is 0.